The molecule has 156 valence electrons. The van der Waals surface area contributed by atoms with E-state index in [2.05, 4.69) is 34.9 Å². The molecule has 3 rings (SSSR count). The van der Waals surface area contributed by atoms with Gasteiger partial charge in [0.2, 0.25) is 5.28 Å². The lowest BCUT2D eigenvalue weighted by molar-refractivity contribution is -0.136. The van der Waals surface area contributed by atoms with Crippen molar-refractivity contribution in [2.24, 2.45) is 0 Å². The summed E-state index contributed by atoms with van der Waals surface area (Å²) in [6.07, 6.45) is -2.85. The van der Waals surface area contributed by atoms with Gasteiger partial charge in [0.15, 0.2) is 0 Å². The summed E-state index contributed by atoms with van der Waals surface area (Å²) in [5.41, 5.74) is -0.712. The Balaban J connectivity index is 1.94. The smallest absolute Gasteiger partial charge is 0.379 e. The highest BCUT2D eigenvalue weighted by atomic mass is 35.5. The fourth-order valence-corrected chi connectivity index (χ4v) is 3.88. The molecule has 0 spiro atoms. The predicted octanol–water partition coefficient (Wildman–Crippen LogP) is 4.62. The summed E-state index contributed by atoms with van der Waals surface area (Å²) in [5.74, 6) is 0.0682. The number of nitrogens with one attached hydrogen (secondary N) is 1. The molecule has 1 aliphatic heterocycles. The predicted molar refractivity (Wildman–Crippen MR) is 104 cm³/mol. The van der Waals surface area contributed by atoms with E-state index in [9.17, 15) is 13.2 Å². The maximum absolute atomic E-state index is 13.7. The number of anilines is 1. The number of halogens is 4. The zero-order valence-electron chi connectivity index (χ0n) is 16.1. The van der Waals surface area contributed by atoms with E-state index in [1.165, 1.54) is 4.57 Å². The van der Waals surface area contributed by atoms with Crippen molar-refractivity contribution in [3.63, 3.8) is 0 Å². The molecule has 1 fully saturated rings. The zero-order chi connectivity index (χ0) is 20.5. The molecule has 1 atom stereocenters. The topological polar surface area (TPSA) is 61.2 Å². The fraction of sp³-hybridized carbons (Fsp3) is 0.647. The molecular weight excluding hydrogens is 413 g/mol. The van der Waals surface area contributed by atoms with Crippen LogP contribution in [-0.2, 0) is 22.4 Å². The van der Waals surface area contributed by atoms with Crippen molar-refractivity contribution in [2.75, 3.05) is 25.1 Å². The largest absolute Gasteiger partial charge is 0.418 e. The molecule has 1 N–H and O–H groups in total. The molecule has 0 radical (unpaired) electrons. The van der Waals surface area contributed by atoms with Crippen LogP contribution in [0.4, 0.5) is 19.0 Å². The second kappa shape index (κ2) is 8.17. The molecule has 0 amide bonds. The van der Waals surface area contributed by atoms with E-state index >= 15 is 0 Å². The third-order valence-electron chi connectivity index (χ3n) is 4.49. The van der Waals surface area contributed by atoms with E-state index in [1.807, 2.05) is 0 Å². The first-order valence-corrected chi connectivity index (χ1v) is 13.2. The minimum Gasteiger partial charge on any atom is -0.379 e. The third kappa shape index (κ3) is 5.16. The van der Waals surface area contributed by atoms with Gasteiger partial charge < -0.3 is 19.4 Å². The Labute approximate surface area is 167 Å². The molecule has 2 aromatic heterocycles. The quantitative estimate of drug-likeness (QED) is 0.390. The Kier molecular flexibility index (Phi) is 6.23. The van der Waals surface area contributed by atoms with Crippen LogP contribution in [0.15, 0.2) is 6.20 Å². The van der Waals surface area contributed by atoms with Crippen molar-refractivity contribution < 1.29 is 22.6 Å². The van der Waals surface area contributed by atoms with Crippen LogP contribution in [-0.4, -0.2) is 48.5 Å². The highest BCUT2D eigenvalue weighted by molar-refractivity contribution is 6.76. The van der Waals surface area contributed by atoms with Gasteiger partial charge in [-0.3, -0.25) is 0 Å². The van der Waals surface area contributed by atoms with Crippen LogP contribution in [0.5, 0.6) is 0 Å². The number of hydrogen-bond acceptors (Lipinski definition) is 5. The van der Waals surface area contributed by atoms with Gasteiger partial charge in [0.1, 0.15) is 18.2 Å². The summed E-state index contributed by atoms with van der Waals surface area (Å²) in [5, 5.41) is 2.81. The van der Waals surface area contributed by atoms with E-state index in [4.69, 9.17) is 21.1 Å². The molecule has 3 heterocycles. The second-order valence-corrected chi connectivity index (χ2v) is 14.1. The zero-order valence-corrected chi connectivity index (χ0v) is 17.8. The number of nitrogens with zero attached hydrogens (tertiary/aromatic N) is 3. The first-order valence-electron chi connectivity index (χ1n) is 9.10. The molecular formula is C17H24ClF3N4O2Si. The van der Waals surface area contributed by atoms with Crippen molar-refractivity contribution in [2.45, 2.75) is 51.1 Å². The lowest BCUT2D eigenvalue weighted by Gasteiger charge is -2.16. The SMILES string of the molecule is C[Si](C)(C)CCOCn1cc(C(F)(F)F)c2c(N[C@@H]3CCOC3)nc(Cl)nc21. The minimum absolute atomic E-state index is 0.0314. The third-order valence-corrected chi connectivity index (χ3v) is 6.36. The maximum Gasteiger partial charge on any atom is 0.418 e. The van der Waals surface area contributed by atoms with Crippen molar-refractivity contribution in [3.05, 3.63) is 17.0 Å². The molecule has 11 heteroatoms. The van der Waals surface area contributed by atoms with Crippen LogP contribution < -0.4 is 5.32 Å². The molecule has 2 aromatic rings. The van der Waals surface area contributed by atoms with Gasteiger partial charge in [0.05, 0.1) is 23.6 Å². The normalized spacial score (nSPS) is 18.2. The molecule has 6 nitrogen and oxygen atoms in total. The number of ether oxygens (including phenoxy) is 2. The average molecular weight is 437 g/mol. The molecule has 0 bridgehead atoms. The standard InChI is InChI=1S/C17H24ClF3N4O2Si/c1-28(2,3)7-6-27-10-25-8-12(17(19,20)21)13-14(22-11-4-5-26-9-11)23-16(18)24-15(13)25/h8,11H,4-7,9-10H2,1-3H3,(H,22,23,24)/t11-/m1/s1. The van der Waals surface area contributed by atoms with Gasteiger partial charge in [0.25, 0.3) is 0 Å². The Morgan fingerprint density at radius 3 is 2.71 bits per heavy atom. The van der Waals surface area contributed by atoms with Gasteiger partial charge in [-0.15, -0.1) is 0 Å². The monoisotopic (exact) mass is 436 g/mol. The minimum atomic E-state index is -4.55. The van der Waals surface area contributed by atoms with Gasteiger partial charge in [-0.2, -0.15) is 18.2 Å². The van der Waals surface area contributed by atoms with E-state index in [0.29, 0.717) is 26.2 Å². The summed E-state index contributed by atoms with van der Waals surface area (Å²) in [6.45, 7) is 8.04. The van der Waals surface area contributed by atoms with E-state index in [1.54, 1.807) is 0 Å². The van der Waals surface area contributed by atoms with Crippen LogP contribution in [0.25, 0.3) is 11.0 Å². The summed E-state index contributed by atoms with van der Waals surface area (Å²) >= 11 is 6.00. The van der Waals surface area contributed by atoms with Gasteiger partial charge in [-0.25, -0.2) is 4.98 Å². The summed E-state index contributed by atoms with van der Waals surface area (Å²) in [7, 11) is -1.30. The van der Waals surface area contributed by atoms with Gasteiger partial charge >= 0.3 is 6.18 Å². The van der Waals surface area contributed by atoms with Crippen LogP contribution in [0, 0.1) is 0 Å². The molecule has 1 aliphatic rings. The first kappa shape index (κ1) is 21.3. The number of rotatable bonds is 7. The van der Waals surface area contributed by atoms with Crippen LogP contribution in [0.1, 0.15) is 12.0 Å². The van der Waals surface area contributed by atoms with Gasteiger partial charge in [0, 0.05) is 27.5 Å². The van der Waals surface area contributed by atoms with Gasteiger partial charge in [-0.1, -0.05) is 19.6 Å². The Bertz CT molecular complexity index is 832. The first-order chi connectivity index (χ1) is 13.0. The number of aromatic nitrogens is 3. The molecule has 0 aliphatic carbocycles. The summed E-state index contributed by atoms with van der Waals surface area (Å²) in [6, 6.07) is 0.800. The van der Waals surface area contributed by atoms with Gasteiger partial charge in [-0.05, 0) is 24.1 Å². The van der Waals surface area contributed by atoms with Crippen molar-refractivity contribution in [1.29, 1.82) is 0 Å². The lowest BCUT2D eigenvalue weighted by Crippen LogP contribution is -2.22. The van der Waals surface area contributed by atoms with Crippen LogP contribution in [0.2, 0.25) is 31.0 Å². The lowest BCUT2D eigenvalue weighted by atomic mass is 10.2. The van der Waals surface area contributed by atoms with Crippen LogP contribution >= 0.6 is 11.6 Å². The Morgan fingerprint density at radius 1 is 1.36 bits per heavy atom. The molecule has 0 unspecified atom stereocenters. The second-order valence-electron chi connectivity index (χ2n) is 8.10. The maximum atomic E-state index is 13.7. The van der Waals surface area contributed by atoms with E-state index < -0.39 is 19.8 Å². The van der Waals surface area contributed by atoms with Crippen molar-refractivity contribution >= 4 is 36.5 Å². The van der Waals surface area contributed by atoms with Crippen molar-refractivity contribution in [1.82, 2.24) is 14.5 Å². The van der Waals surface area contributed by atoms with E-state index in [-0.39, 0.29) is 34.9 Å². The number of alkyl halides is 3. The van der Waals surface area contributed by atoms with E-state index in [0.717, 1.165) is 12.2 Å². The fourth-order valence-electron chi connectivity index (χ4n) is 2.96. The Morgan fingerprint density at radius 2 is 2.11 bits per heavy atom. The highest BCUT2D eigenvalue weighted by Crippen LogP contribution is 2.39. The molecule has 0 saturated carbocycles. The van der Waals surface area contributed by atoms with Crippen LogP contribution in [0.3, 0.4) is 0 Å². The molecule has 1 saturated heterocycles. The average Bonchev–Trinajstić information content (AvgIpc) is 3.18. The number of hydrogen-bond donors (Lipinski definition) is 1. The highest BCUT2D eigenvalue weighted by Gasteiger charge is 2.37. The summed E-state index contributed by atoms with van der Waals surface area (Å²) in [4.78, 5) is 8.07. The number of fused-ring (bicyclic) bond motifs is 1. The molecule has 0 aromatic carbocycles. The summed E-state index contributed by atoms with van der Waals surface area (Å²) < 4.78 is 53.3. The molecule has 28 heavy (non-hydrogen) atoms. The van der Waals surface area contributed by atoms with Crippen molar-refractivity contribution in [3.8, 4) is 0 Å². The Hall–Kier alpha value is -1.36.